The van der Waals surface area contributed by atoms with Gasteiger partial charge < -0.3 is 5.32 Å². The van der Waals surface area contributed by atoms with E-state index in [1.807, 2.05) is 12.1 Å². The molecule has 0 fully saturated rings. The average molecular weight is 300 g/mol. The monoisotopic (exact) mass is 299 g/mol. The van der Waals surface area contributed by atoms with Gasteiger partial charge in [0, 0.05) is 11.1 Å². The molecule has 0 aliphatic heterocycles. The van der Waals surface area contributed by atoms with Gasteiger partial charge in [0.05, 0.1) is 0 Å². The largest absolute Gasteiger partial charge is 0.316 e. The van der Waals surface area contributed by atoms with Crippen LogP contribution in [0, 0.1) is 5.92 Å². The number of nitrogens with one attached hydrogen (secondary N) is 1. The first-order valence-electron chi connectivity index (χ1n) is 7.75. The second kappa shape index (κ2) is 6.64. The number of likely N-dealkylation sites (N-methyl/N-ethyl adjacent to an activating group) is 1. The highest BCUT2D eigenvalue weighted by Crippen LogP contribution is 2.29. The number of hydrogen-bond acceptors (Lipinski definition) is 1. The molecule has 0 spiro atoms. The molecule has 110 valence electrons. The zero-order chi connectivity index (χ0) is 14.7. The van der Waals surface area contributed by atoms with Gasteiger partial charge in [-0.25, -0.2) is 0 Å². The summed E-state index contributed by atoms with van der Waals surface area (Å²) in [7, 11) is 2.07. The molecule has 2 unspecified atom stereocenters. The molecule has 0 bridgehead atoms. The van der Waals surface area contributed by atoms with Crippen LogP contribution in [0.15, 0.2) is 48.5 Å². The van der Waals surface area contributed by atoms with Crippen LogP contribution in [0.4, 0.5) is 0 Å². The number of aryl methyl sites for hydroxylation is 1. The molecule has 0 saturated heterocycles. The van der Waals surface area contributed by atoms with Gasteiger partial charge in [-0.3, -0.25) is 0 Å². The van der Waals surface area contributed by atoms with E-state index in [2.05, 4.69) is 48.8 Å². The fourth-order valence-electron chi connectivity index (χ4n) is 3.47. The fraction of sp³-hybridized carbons (Fsp3) is 0.368. The van der Waals surface area contributed by atoms with E-state index < -0.39 is 0 Å². The summed E-state index contributed by atoms with van der Waals surface area (Å²) < 4.78 is 0. The Kier molecular flexibility index (Phi) is 4.62. The number of hydrogen-bond donors (Lipinski definition) is 1. The fourth-order valence-corrected chi connectivity index (χ4v) is 3.69. The van der Waals surface area contributed by atoms with Gasteiger partial charge in [0.2, 0.25) is 0 Å². The number of benzene rings is 2. The molecule has 2 heteroatoms. The average Bonchev–Trinajstić information content (AvgIpc) is 2.54. The van der Waals surface area contributed by atoms with Crippen molar-refractivity contribution in [1.82, 2.24) is 5.32 Å². The van der Waals surface area contributed by atoms with Crippen LogP contribution in [0.3, 0.4) is 0 Å². The molecule has 0 saturated carbocycles. The predicted molar refractivity (Wildman–Crippen MR) is 90.0 cm³/mol. The topological polar surface area (TPSA) is 12.0 Å². The van der Waals surface area contributed by atoms with Gasteiger partial charge in [0.1, 0.15) is 0 Å². The van der Waals surface area contributed by atoms with Crippen LogP contribution in [0.5, 0.6) is 0 Å². The molecule has 2 atom stereocenters. The van der Waals surface area contributed by atoms with Crippen molar-refractivity contribution in [3.05, 3.63) is 70.2 Å². The Morgan fingerprint density at radius 2 is 1.81 bits per heavy atom. The molecule has 0 amide bonds. The minimum absolute atomic E-state index is 0.484. The van der Waals surface area contributed by atoms with Crippen LogP contribution in [0.25, 0.3) is 0 Å². The van der Waals surface area contributed by atoms with E-state index in [0.29, 0.717) is 12.0 Å². The van der Waals surface area contributed by atoms with E-state index >= 15 is 0 Å². The summed E-state index contributed by atoms with van der Waals surface area (Å²) in [5.41, 5.74) is 4.30. The maximum Gasteiger partial charge on any atom is 0.0438 e. The molecule has 0 heterocycles. The second-order valence-corrected chi connectivity index (χ2v) is 6.37. The summed E-state index contributed by atoms with van der Waals surface area (Å²) in [6.45, 7) is 0. The van der Waals surface area contributed by atoms with Gasteiger partial charge in [-0.1, -0.05) is 54.1 Å². The molecule has 2 aromatic rings. The zero-order valence-corrected chi connectivity index (χ0v) is 13.2. The lowest BCUT2D eigenvalue weighted by Crippen LogP contribution is -2.38. The summed E-state index contributed by atoms with van der Waals surface area (Å²) in [4.78, 5) is 0. The molecule has 21 heavy (non-hydrogen) atoms. The molecule has 3 rings (SSSR count). The van der Waals surface area contributed by atoms with Crippen LogP contribution in [-0.2, 0) is 19.3 Å². The minimum atomic E-state index is 0.484. The molecule has 0 radical (unpaired) electrons. The van der Waals surface area contributed by atoms with Gasteiger partial charge in [0.25, 0.3) is 0 Å². The Balaban J connectivity index is 1.74. The Labute approximate surface area is 132 Å². The highest BCUT2D eigenvalue weighted by molar-refractivity contribution is 6.31. The third-order valence-corrected chi connectivity index (χ3v) is 5.09. The van der Waals surface area contributed by atoms with E-state index in [-0.39, 0.29) is 0 Å². The zero-order valence-electron chi connectivity index (χ0n) is 12.5. The third kappa shape index (κ3) is 3.30. The molecular weight excluding hydrogens is 278 g/mol. The summed E-state index contributed by atoms with van der Waals surface area (Å²) in [6, 6.07) is 17.5. The summed E-state index contributed by atoms with van der Waals surface area (Å²) >= 11 is 6.32. The quantitative estimate of drug-likeness (QED) is 0.889. The maximum atomic E-state index is 6.32. The van der Waals surface area contributed by atoms with Crippen molar-refractivity contribution in [3.8, 4) is 0 Å². The van der Waals surface area contributed by atoms with Gasteiger partial charge in [-0.15, -0.1) is 0 Å². The molecule has 1 aliphatic rings. The van der Waals surface area contributed by atoms with Gasteiger partial charge in [-0.05, 0) is 61.4 Å². The van der Waals surface area contributed by atoms with E-state index in [9.17, 15) is 0 Å². The van der Waals surface area contributed by atoms with Crippen molar-refractivity contribution in [3.63, 3.8) is 0 Å². The van der Waals surface area contributed by atoms with Crippen LogP contribution in [-0.4, -0.2) is 13.1 Å². The number of rotatable bonds is 4. The first kappa shape index (κ1) is 14.6. The highest BCUT2D eigenvalue weighted by Gasteiger charge is 2.25. The first-order chi connectivity index (χ1) is 10.3. The molecule has 1 N–H and O–H groups in total. The van der Waals surface area contributed by atoms with Crippen molar-refractivity contribution < 1.29 is 0 Å². The number of halogens is 1. The van der Waals surface area contributed by atoms with Gasteiger partial charge in [0.15, 0.2) is 0 Å². The normalized spacial score (nSPS) is 19.0. The second-order valence-electron chi connectivity index (χ2n) is 5.96. The van der Waals surface area contributed by atoms with Crippen LogP contribution in [0.1, 0.15) is 23.1 Å². The van der Waals surface area contributed by atoms with Crippen molar-refractivity contribution in [2.75, 3.05) is 7.05 Å². The smallest absolute Gasteiger partial charge is 0.0438 e. The van der Waals surface area contributed by atoms with Crippen molar-refractivity contribution >= 4 is 11.6 Å². The minimum Gasteiger partial charge on any atom is -0.316 e. The first-order valence-corrected chi connectivity index (χ1v) is 8.13. The molecular formula is C19H22ClN. The lowest BCUT2D eigenvalue weighted by atomic mass is 9.78. The maximum absolute atomic E-state index is 6.32. The Bertz CT molecular complexity index is 608. The van der Waals surface area contributed by atoms with Crippen LogP contribution < -0.4 is 5.32 Å². The molecule has 2 aromatic carbocycles. The summed E-state index contributed by atoms with van der Waals surface area (Å²) in [5, 5.41) is 4.40. The van der Waals surface area contributed by atoms with E-state index in [4.69, 9.17) is 11.6 Å². The standard InChI is InChI=1S/C19H22ClN/c1-21-19(13-16-8-4-5-9-18(16)20)17-11-10-14-6-2-3-7-15(14)12-17/h2-9,17,19,21H,10-13H2,1H3. The Morgan fingerprint density at radius 3 is 2.57 bits per heavy atom. The Morgan fingerprint density at radius 1 is 1.10 bits per heavy atom. The molecule has 1 nitrogen and oxygen atoms in total. The highest BCUT2D eigenvalue weighted by atomic mass is 35.5. The molecule has 0 aromatic heterocycles. The van der Waals surface area contributed by atoms with Crippen molar-refractivity contribution in [2.45, 2.75) is 31.7 Å². The summed E-state index contributed by atoms with van der Waals surface area (Å²) in [6.07, 6.45) is 4.63. The van der Waals surface area contributed by atoms with E-state index in [0.717, 1.165) is 11.4 Å². The van der Waals surface area contributed by atoms with E-state index in [1.165, 1.54) is 36.0 Å². The predicted octanol–water partition coefficient (Wildman–Crippen LogP) is 4.28. The molecule has 1 aliphatic carbocycles. The number of fused-ring (bicyclic) bond motifs is 1. The van der Waals surface area contributed by atoms with Crippen molar-refractivity contribution in [1.29, 1.82) is 0 Å². The lowest BCUT2D eigenvalue weighted by molar-refractivity contribution is 0.333. The van der Waals surface area contributed by atoms with Crippen molar-refractivity contribution in [2.24, 2.45) is 5.92 Å². The van der Waals surface area contributed by atoms with Gasteiger partial charge in [-0.2, -0.15) is 0 Å². The van der Waals surface area contributed by atoms with Crippen LogP contribution in [0.2, 0.25) is 5.02 Å². The third-order valence-electron chi connectivity index (χ3n) is 4.72. The SMILES string of the molecule is CNC(Cc1ccccc1Cl)C1CCc2ccccc2C1. The summed E-state index contributed by atoms with van der Waals surface area (Å²) in [5.74, 6) is 0.682. The Hall–Kier alpha value is -1.31. The lowest BCUT2D eigenvalue weighted by Gasteiger charge is -2.31. The van der Waals surface area contributed by atoms with Gasteiger partial charge >= 0.3 is 0 Å². The van der Waals surface area contributed by atoms with Crippen LogP contribution >= 0.6 is 11.6 Å². The van der Waals surface area contributed by atoms with E-state index in [1.54, 1.807) is 0 Å².